The zero-order valence-electron chi connectivity index (χ0n) is 13.6. The van der Waals surface area contributed by atoms with Gasteiger partial charge in [-0.3, -0.25) is 4.79 Å². The Labute approximate surface area is 128 Å². The second-order valence-corrected chi connectivity index (χ2v) is 6.28. The minimum atomic E-state index is -0.0102. The fourth-order valence-electron chi connectivity index (χ4n) is 2.96. The summed E-state index contributed by atoms with van der Waals surface area (Å²) in [5.74, 6) is 1.36. The highest BCUT2D eigenvalue weighted by atomic mass is 16.5. The summed E-state index contributed by atoms with van der Waals surface area (Å²) in [7, 11) is 3.64. The molecule has 0 bridgehead atoms. The molecule has 0 N–H and O–H groups in total. The van der Waals surface area contributed by atoms with Gasteiger partial charge in [0.05, 0.1) is 6.10 Å². The van der Waals surface area contributed by atoms with Gasteiger partial charge in [-0.25, -0.2) is 0 Å². The average Bonchev–Trinajstić information content (AvgIpc) is 2.43. The topological polar surface area (TPSA) is 29.5 Å². The standard InChI is InChI=1S/C18H27NO2/c1-5-17(13(2)18(20)19(3)4)14-8-6-11-16(12-14)21-15-9-7-10-15/h6,8,11-13,15,17H,5,7,9-10H2,1-4H3/t13-,17-/m1/s1. The van der Waals surface area contributed by atoms with E-state index in [0.717, 1.165) is 25.0 Å². The normalized spacial score (nSPS) is 17.7. The van der Waals surface area contributed by atoms with Crippen molar-refractivity contribution in [2.45, 2.75) is 51.6 Å². The number of rotatable bonds is 6. The van der Waals surface area contributed by atoms with Crippen LogP contribution in [0.15, 0.2) is 24.3 Å². The van der Waals surface area contributed by atoms with Crippen molar-refractivity contribution in [2.24, 2.45) is 5.92 Å². The second kappa shape index (κ2) is 6.97. The Morgan fingerprint density at radius 3 is 2.62 bits per heavy atom. The van der Waals surface area contributed by atoms with Gasteiger partial charge in [0.1, 0.15) is 5.75 Å². The molecule has 1 fully saturated rings. The third-order valence-electron chi connectivity index (χ3n) is 4.51. The van der Waals surface area contributed by atoms with E-state index in [1.54, 1.807) is 4.90 Å². The second-order valence-electron chi connectivity index (χ2n) is 6.28. The summed E-state index contributed by atoms with van der Waals surface area (Å²) in [6, 6.07) is 8.29. The van der Waals surface area contributed by atoms with Gasteiger partial charge >= 0.3 is 0 Å². The van der Waals surface area contributed by atoms with Gasteiger partial charge in [-0.1, -0.05) is 26.0 Å². The van der Waals surface area contributed by atoms with Crippen LogP contribution >= 0.6 is 0 Å². The molecule has 0 saturated heterocycles. The SMILES string of the molecule is CC[C@@H](c1cccc(OC2CCC2)c1)[C@@H](C)C(=O)N(C)C. The highest BCUT2D eigenvalue weighted by Crippen LogP contribution is 2.32. The Morgan fingerprint density at radius 1 is 1.38 bits per heavy atom. The Bertz CT molecular complexity index is 480. The minimum absolute atomic E-state index is 0.0102. The van der Waals surface area contributed by atoms with Crippen LogP contribution in [-0.4, -0.2) is 31.0 Å². The summed E-state index contributed by atoms with van der Waals surface area (Å²) in [4.78, 5) is 13.9. The summed E-state index contributed by atoms with van der Waals surface area (Å²) >= 11 is 0. The van der Waals surface area contributed by atoms with Crippen LogP contribution in [0, 0.1) is 5.92 Å². The molecule has 1 aromatic carbocycles. The lowest BCUT2D eigenvalue weighted by Gasteiger charge is -2.28. The van der Waals surface area contributed by atoms with E-state index in [1.807, 2.05) is 33.2 Å². The first kappa shape index (κ1) is 15.9. The zero-order chi connectivity index (χ0) is 15.4. The highest BCUT2D eigenvalue weighted by molar-refractivity contribution is 5.79. The van der Waals surface area contributed by atoms with Crippen LogP contribution in [0.5, 0.6) is 5.75 Å². The molecule has 0 aliphatic heterocycles. The molecule has 0 aromatic heterocycles. The molecule has 3 heteroatoms. The van der Waals surface area contributed by atoms with Crippen LogP contribution in [0.4, 0.5) is 0 Å². The lowest BCUT2D eigenvalue weighted by Crippen LogP contribution is -2.31. The summed E-state index contributed by atoms with van der Waals surface area (Å²) in [6.45, 7) is 4.17. The predicted molar refractivity (Wildman–Crippen MR) is 85.6 cm³/mol. The molecule has 1 saturated carbocycles. The number of carbonyl (C=O) groups excluding carboxylic acids is 1. The van der Waals surface area contributed by atoms with Gasteiger partial charge in [0.15, 0.2) is 0 Å². The average molecular weight is 289 g/mol. The number of carbonyl (C=O) groups is 1. The van der Waals surface area contributed by atoms with Crippen molar-refractivity contribution in [2.75, 3.05) is 14.1 Å². The fraction of sp³-hybridized carbons (Fsp3) is 0.611. The fourth-order valence-corrected chi connectivity index (χ4v) is 2.96. The zero-order valence-corrected chi connectivity index (χ0v) is 13.6. The largest absolute Gasteiger partial charge is 0.490 e. The molecule has 1 amide bonds. The van der Waals surface area contributed by atoms with Crippen molar-refractivity contribution in [3.05, 3.63) is 29.8 Å². The molecule has 1 aliphatic rings. The van der Waals surface area contributed by atoms with Crippen molar-refractivity contribution in [3.63, 3.8) is 0 Å². The van der Waals surface area contributed by atoms with Gasteiger partial charge < -0.3 is 9.64 Å². The van der Waals surface area contributed by atoms with E-state index in [1.165, 1.54) is 12.0 Å². The van der Waals surface area contributed by atoms with Gasteiger partial charge in [0.25, 0.3) is 0 Å². The molecular weight excluding hydrogens is 262 g/mol. The van der Waals surface area contributed by atoms with Gasteiger partial charge in [-0.05, 0) is 49.3 Å². The highest BCUT2D eigenvalue weighted by Gasteiger charge is 2.26. The molecule has 1 aromatic rings. The van der Waals surface area contributed by atoms with E-state index in [4.69, 9.17) is 4.74 Å². The molecule has 0 spiro atoms. The first-order chi connectivity index (χ1) is 10.0. The predicted octanol–water partition coefficient (Wildman–Crippen LogP) is 3.84. The minimum Gasteiger partial charge on any atom is -0.490 e. The monoisotopic (exact) mass is 289 g/mol. The smallest absolute Gasteiger partial charge is 0.225 e. The van der Waals surface area contributed by atoms with E-state index in [2.05, 4.69) is 19.1 Å². The Kier molecular flexibility index (Phi) is 5.27. The molecule has 0 unspecified atom stereocenters. The van der Waals surface area contributed by atoms with E-state index in [-0.39, 0.29) is 17.7 Å². The molecule has 3 nitrogen and oxygen atoms in total. The van der Waals surface area contributed by atoms with Gasteiger partial charge in [-0.15, -0.1) is 0 Å². The molecule has 116 valence electrons. The molecule has 0 heterocycles. The van der Waals surface area contributed by atoms with E-state index < -0.39 is 0 Å². The number of hydrogen-bond acceptors (Lipinski definition) is 2. The van der Waals surface area contributed by atoms with Crippen molar-refractivity contribution >= 4 is 5.91 Å². The van der Waals surface area contributed by atoms with Gasteiger partial charge in [0, 0.05) is 20.0 Å². The third kappa shape index (κ3) is 3.78. The van der Waals surface area contributed by atoms with Crippen molar-refractivity contribution in [1.82, 2.24) is 4.90 Å². The Morgan fingerprint density at radius 2 is 2.10 bits per heavy atom. The molecule has 1 aliphatic carbocycles. The Balaban J connectivity index is 2.13. The van der Waals surface area contributed by atoms with Crippen molar-refractivity contribution in [3.8, 4) is 5.75 Å². The summed E-state index contributed by atoms with van der Waals surface area (Å²) < 4.78 is 5.98. The van der Waals surface area contributed by atoms with Crippen LogP contribution in [-0.2, 0) is 4.79 Å². The Hall–Kier alpha value is -1.51. The maximum Gasteiger partial charge on any atom is 0.225 e. The number of nitrogens with zero attached hydrogens (tertiary/aromatic N) is 1. The number of ether oxygens (including phenoxy) is 1. The lowest BCUT2D eigenvalue weighted by molar-refractivity contribution is -0.133. The molecule has 21 heavy (non-hydrogen) atoms. The van der Waals surface area contributed by atoms with Gasteiger partial charge in [-0.2, -0.15) is 0 Å². The van der Waals surface area contributed by atoms with Crippen LogP contribution < -0.4 is 4.74 Å². The molecule has 2 atom stereocenters. The van der Waals surface area contributed by atoms with E-state index >= 15 is 0 Å². The van der Waals surface area contributed by atoms with E-state index in [9.17, 15) is 4.79 Å². The van der Waals surface area contributed by atoms with Gasteiger partial charge in [0.2, 0.25) is 5.91 Å². The molecular formula is C18H27NO2. The molecule has 2 rings (SSSR count). The summed E-state index contributed by atoms with van der Waals surface area (Å²) in [5.41, 5.74) is 1.21. The summed E-state index contributed by atoms with van der Waals surface area (Å²) in [5, 5.41) is 0. The lowest BCUT2D eigenvalue weighted by atomic mass is 9.84. The molecule has 0 radical (unpaired) electrons. The van der Waals surface area contributed by atoms with Crippen LogP contribution in [0.25, 0.3) is 0 Å². The number of amides is 1. The van der Waals surface area contributed by atoms with E-state index in [0.29, 0.717) is 6.10 Å². The first-order valence-electron chi connectivity index (χ1n) is 8.00. The third-order valence-corrected chi connectivity index (χ3v) is 4.51. The maximum absolute atomic E-state index is 12.2. The van der Waals surface area contributed by atoms with Crippen molar-refractivity contribution in [1.29, 1.82) is 0 Å². The maximum atomic E-state index is 12.2. The quantitative estimate of drug-likeness (QED) is 0.796. The number of hydrogen-bond donors (Lipinski definition) is 0. The first-order valence-corrected chi connectivity index (χ1v) is 8.00. The van der Waals surface area contributed by atoms with Crippen LogP contribution in [0.3, 0.4) is 0 Å². The van der Waals surface area contributed by atoms with Crippen molar-refractivity contribution < 1.29 is 9.53 Å². The van der Waals surface area contributed by atoms with Crippen LogP contribution in [0.1, 0.15) is 51.0 Å². The van der Waals surface area contributed by atoms with Crippen LogP contribution in [0.2, 0.25) is 0 Å². The summed E-state index contributed by atoms with van der Waals surface area (Å²) in [6.07, 6.45) is 4.94. The number of benzene rings is 1.